The van der Waals surface area contributed by atoms with Crippen LogP contribution in [0.4, 0.5) is 0 Å². The summed E-state index contributed by atoms with van der Waals surface area (Å²) in [4.78, 5) is 14.2. The number of amides is 1. The number of ether oxygens (including phenoxy) is 1. The number of hydrogen-bond acceptors (Lipinski definition) is 3. The summed E-state index contributed by atoms with van der Waals surface area (Å²) in [6.07, 6.45) is 5.40. The van der Waals surface area contributed by atoms with E-state index in [2.05, 4.69) is 0 Å². The van der Waals surface area contributed by atoms with Crippen molar-refractivity contribution in [2.24, 2.45) is 0 Å². The van der Waals surface area contributed by atoms with Crippen LogP contribution in [0.2, 0.25) is 0 Å². The molecule has 0 saturated heterocycles. The van der Waals surface area contributed by atoms with Crippen molar-refractivity contribution in [2.75, 3.05) is 20.2 Å². The van der Waals surface area contributed by atoms with E-state index in [9.17, 15) is 4.79 Å². The fourth-order valence-electron chi connectivity index (χ4n) is 3.00. The fourth-order valence-corrected chi connectivity index (χ4v) is 3.00. The molecule has 0 aliphatic heterocycles. The lowest BCUT2D eigenvalue weighted by molar-refractivity contribution is -0.125. The van der Waals surface area contributed by atoms with Gasteiger partial charge in [-0.3, -0.25) is 4.79 Å². The highest BCUT2D eigenvalue weighted by atomic mass is 16.5. The maximum absolute atomic E-state index is 12.4. The van der Waals surface area contributed by atoms with E-state index >= 15 is 0 Å². The Morgan fingerprint density at radius 3 is 2.36 bits per heavy atom. The van der Waals surface area contributed by atoms with Crippen LogP contribution in [-0.4, -0.2) is 40.8 Å². The standard InChI is InChI=1S/C23H25N3O2/c1-4-25(5-2)22(27)16-13-19-17-26(20-9-7-6-8-10-20)24-23(19)18-11-14-21(28-3)15-12-18/h6-17H,4-5H2,1-3H3. The molecule has 0 unspecified atom stereocenters. The Hall–Kier alpha value is -3.34. The second-order valence-corrected chi connectivity index (χ2v) is 6.29. The van der Waals surface area contributed by atoms with Crippen molar-refractivity contribution in [1.29, 1.82) is 0 Å². The highest BCUT2D eigenvalue weighted by Crippen LogP contribution is 2.26. The van der Waals surface area contributed by atoms with Crippen LogP contribution in [0.1, 0.15) is 19.4 Å². The minimum Gasteiger partial charge on any atom is -0.497 e. The lowest BCUT2D eigenvalue weighted by atomic mass is 10.1. The minimum atomic E-state index is -0.00172. The smallest absolute Gasteiger partial charge is 0.246 e. The van der Waals surface area contributed by atoms with Crippen molar-refractivity contribution in [3.05, 3.63) is 72.4 Å². The molecule has 3 rings (SSSR count). The first-order valence-corrected chi connectivity index (χ1v) is 9.42. The number of nitrogens with zero attached hydrogens (tertiary/aromatic N) is 3. The van der Waals surface area contributed by atoms with Crippen LogP contribution in [0.25, 0.3) is 23.0 Å². The summed E-state index contributed by atoms with van der Waals surface area (Å²) >= 11 is 0. The van der Waals surface area contributed by atoms with E-state index in [1.54, 1.807) is 18.1 Å². The molecule has 0 saturated carbocycles. The van der Waals surface area contributed by atoms with Gasteiger partial charge in [0.05, 0.1) is 18.5 Å². The molecular weight excluding hydrogens is 350 g/mol. The third kappa shape index (κ3) is 4.31. The van der Waals surface area contributed by atoms with Gasteiger partial charge in [0.1, 0.15) is 5.75 Å². The van der Waals surface area contributed by atoms with Gasteiger partial charge in [0.15, 0.2) is 0 Å². The quantitative estimate of drug-likeness (QED) is 0.574. The van der Waals surface area contributed by atoms with Crippen molar-refractivity contribution in [1.82, 2.24) is 14.7 Å². The SMILES string of the molecule is CCN(CC)C(=O)C=Cc1cn(-c2ccccc2)nc1-c1ccc(OC)cc1. The van der Waals surface area contributed by atoms with Crippen molar-refractivity contribution < 1.29 is 9.53 Å². The zero-order valence-corrected chi connectivity index (χ0v) is 16.5. The molecule has 2 aromatic carbocycles. The van der Waals surface area contributed by atoms with Crippen molar-refractivity contribution in [3.8, 4) is 22.7 Å². The summed E-state index contributed by atoms with van der Waals surface area (Å²) in [6.45, 7) is 5.33. The van der Waals surface area contributed by atoms with E-state index in [1.807, 2.05) is 85.4 Å². The number of methoxy groups -OCH3 is 1. The number of likely N-dealkylation sites (N-methyl/N-ethyl adjacent to an activating group) is 1. The first-order chi connectivity index (χ1) is 13.7. The third-order valence-corrected chi connectivity index (χ3v) is 4.61. The summed E-state index contributed by atoms with van der Waals surface area (Å²) in [5.41, 5.74) is 3.63. The molecule has 28 heavy (non-hydrogen) atoms. The van der Waals surface area contributed by atoms with Crippen LogP contribution < -0.4 is 4.74 Å². The second kappa shape index (κ2) is 9.04. The molecule has 144 valence electrons. The molecule has 3 aromatic rings. The van der Waals surface area contributed by atoms with Gasteiger partial charge < -0.3 is 9.64 Å². The van der Waals surface area contributed by atoms with E-state index in [1.165, 1.54) is 0 Å². The van der Waals surface area contributed by atoms with Crippen LogP contribution in [0.3, 0.4) is 0 Å². The summed E-state index contributed by atoms with van der Waals surface area (Å²) in [7, 11) is 1.64. The van der Waals surface area contributed by atoms with E-state index in [-0.39, 0.29) is 5.91 Å². The van der Waals surface area contributed by atoms with Crippen LogP contribution in [0.5, 0.6) is 5.75 Å². The zero-order valence-electron chi connectivity index (χ0n) is 16.5. The van der Waals surface area contributed by atoms with Gasteiger partial charge >= 0.3 is 0 Å². The van der Waals surface area contributed by atoms with Gasteiger partial charge in [-0.15, -0.1) is 0 Å². The Morgan fingerprint density at radius 2 is 1.75 bits per heavy atom. The fraction of sp³-hybridized carbons (Fsp3) is 0.217. The average Bonchev–Trinajstić information content (AvgIpc) is 3.18. The van der Waals surface area contributed by atoms with Gasteiger partial charge in [0.25, 0.3) is 0 Å². The number of hydrogen-bond donors (Lipinski definition) is 0. The topological polar surface area (TPSA) is 47.4 Å². The van der Waals surface area contributed by atoms with Crippen LogP contribution in [0.15, 0.2) is 66.9 Å². The molecule has 0 bridgehead atoms. The van der Waals surface area contributed by atoms with Crippen LogP contribution in [0, 0.1) is 0 Å². The Morgan fingerprint density at radius 1 is 1.07 bits per heavy atom. The summed E-state index contributed by atoms with van der Waals surface area (Å²) in [5.74, 6) is 0.790. The number of benzene rings is 2. The highest BCUT2D eigenvalue weighted by Gasteiger charge is 2.12. The molecule has 1 amide bonds. The van der Waals surface area contributed by atoms with Gasteiger partial charge in [-0.25, -0.2) is 4.68 Å². The first-order valence-electron chi connectivity index (χ1n) is 9.42. The number of aromatic nitrogens is 2. The number of carbonyl (C=O) groups excluding carboxylic acids is 1. The predicted octanol–water partition coefficient (Wildman–Crippen LogP) is 4.43. The van der Waals surface area contributed by atoms with E-state index in [0.717, 1.165) is 28.3 Å². The normalized spacial score (nSPS) is 11.0. The molecule has 1 aromatic heterocycles. The summed E-state index contributed by atoms with van der Waals surface area (Å²) in [6, 6.07) is 17.7. The molecule has 0 aliphatic rings. The minimum absolute atomic E-state index is 0.00172. The van der Waals surface area contributed by atoms with Crippen LogP contribution >= 0.6 is 0 Å². The zero-order chi connectivity index (χ0) is 19.9. The molecule has 0 radical (unpaired) electrons. The third-order valence-electron chi connectivity index (χ3n) is 4.61. The molecule has 1 heterocycles. The lowest BCUT2D eigenvalue weighted by Gasteiger charge is -2.15. The average molecular weight is 375 g/mol. The molecule has 0 aliphatic carbocycles. The van der Waals surface area contributed by atoms with Gasteiger partial charge in [0.2, 0.25) is 5.91 Å². The van der Waals surface area contributed by atoms with E-state index in [4.69, 9.17) is 9.84 Å². The highest BCUT2D eigenvalue weighted by molar-refractivity contribution is 5.92. The Labute approximate surface area is 165 Å². The number of para-hydroxylation sites is 1. The number of rotatable bonds is 7. The number of carbonyl (C=O) groups is 1. The van der Waals surface area contributed by atoms with Gasteiger partial charge in [-0.1, -0.05) is 18.2 Å². The van der Waals surface area contributed by atoms with E-state index in [0.29, 0.717) is 13.1 Å². The first kappa shape index (κ1) is 19.4. The molecule has 5 nitrogen and oxygen atoms in total. The van der Waals surface area contributed by atoms with Gasteiger partial charge in [-0.2, -0.15) is 5.10 Å². The molecule has 0 spiro atoms. The predicted molar refractivity (Wildman–Crippen MR) is 113 cm³/mol. The molecule has 0 atom stereocenters. The van der Waals surface area contributed by atoms with E-state index < -0.39 is 0 Å². The Bertz CT molecular complexity index is 940. The molecular formula is C23H25N3O2. The summed E-state index contributed by atoms with van der Waals surface area (Å²) in [5, 5.41) is 4.77. The molecule has 0 N–H and O–H groups in total. The monoisotopic (exact) mass is 375 g/mol. The Balaban J connectivity index is 2.01. The molecule has 0 fully saturated rings. The van der Waals surface area contributed by atoms with Gasteiger partial charge in [-0.05, 0) is 56.3 Å². The van der Waals surface area contributed by atoms with Crippen molar-refractivity contribution in [3.63, 3.8) is 0 Å². The lowest BCUT2D eigenvalue weighted by Crippen LogP contribution is -2.28. The second-order valence-electron chi connectivity index (χ2n) is 6.29. The molecule has 5 heteroatoms. The maximum Gasteiger partial charge on any atom is 0.246 e. The maximum atomic E-state index is 12.4. The van der Waals surface area contributed by atoms with Gasteiger partial charge in [0, 0.05) is 36.5 Å². The Kier molecular flexibility index (Phi) is 6.27. The summed E-state index contributed by atoms with van der Waals surface area (Å²) < 4.78 is 7.08. The van der Waals surface area contributed by atoms with Crippen molar-refractivity contribution in [2.45, 2.75) is 13.8 Å². The van der Waals surface area contributed by atoms with Crippen LogP contribution in [-0.2, 0) is 4.79 Å². The van der Waals surface area contributed by atoms with Crippen molar-refractivity contribution >= 4 is 12.0 Å². The largest absolute Gasteiger partial charge is 0.497 e.